The number of hydrogen-bond donors (Lipinski definition) is 1. The molecular formula is C23H23ClFNO5. The van der Waals surface area contributed by atoms with Gasteiger partial charge in [0.1, 0.15) is 17.3 Å². The zero-order valence-corrected chi connectivity index (χ0v) is 18.1. The highest BCUT2D eigenvalue weighted by atomic mass is 35.5. The van der Waals surface area contributed by atoms with Crippen molar-refractivity contribution in [3.05, 3.63) is 70.5 Å². The van der Waals surface area contributed by atoms with E-state index in [9.17, 15) is 14.0 Å². The van der Waals surface area contributed by atoms with Crippen LogP contribution in [0.15, 0.2) is 48.6 Å². The average Bonchev–Trinajstić information content (AvgIpc) is 3.22. The first-order valence-electron chi connectivity index (χ1n) is 9.62. The lowest BCUT2D eigenvalue weighted by Gasteiger charge is -2.23. The molecule has 0 bridgehead atoms. The largest absolute Gasteiger partial charge is 0.497 e. The molecule has 2 aromatic rings. The Bertz CT molecular complexity index is 1010. The second-order valence-electron chi connectivity index (χ2n) is 7.10. The number of allylic oxidation sites excluding steroid dienone is 1. The van der Waals surface area contributed by atoms with Gasteiger partial charge in [-0.1, -0.05) is 29.8 Å². The van der Waals surface area contributed by atoms with Crippen LogP contribution in [0.4, 0.5) is 4.39 Å². The second kappa shape index (κ2) is 9.83. The molecule has 0 aromatic heterocycles. The first-order valence-corrected chi connectivity index (χ1v) is 9.99. The number of nitrogens with one attached hydrogen (secondary N) is 1. The molecule has 0 aliphatic heterocycles. The summed E-state index contributed by atoms with van der Waals surface area (Å²) in [7, 11) is 4.30. The first kappa shape index (κ1) is 22.6. The van der Waals surface area contributed by atoms with Crippen LogP contribution in [-0.4, -0.2) is 39.2 Å². The van der Waals surface area contributed by atoms with Crippen molar-refractivity contribution in [2.75, 3.05) is 21.3 Å². The lowest BCUT2D eigenvalue weighted by atomic mass is 9.85. The quantitative estimate of drug-likeness (QED) is 0.510. The molecule has 1 N–H and O–H groups in total. The molecule has 31 heavy (non-hydrogen) atoms. The third-order valence-electron chi connectivity index (χ3n) is 5.27. The number of esters is 1. The van der Waals surface area contributed by atoms with Crippen molar-refractivity contribution in [3.63, 3.8) is 0 Å². The molecule has 3 rings (SSSR count). The maximum atomic E-state index is 13.5. The normalized spacial score (nSPS) is 18.4. The van der Waals surface area contributed by atoms with Crippen LogP contribution < -0.4 is 14.8 Å². The number of carbonyl (C=O) groups excluding carboxylic acids is 2. The molecule has 0 saturated heterocycles. The maximum absolute atomic E-state index is 13.5. The maximum Gasteiger partial charge on any atom is 0.313 e. The van der Waals surface area contributed by atoms with Gasteiger partial charge in [-0.3, -0.25) is 9.59 Å². The van der Waals surface area contributed by atoms with E-state index in [1.165, 1.54) is 39.5 Å². The molecule has 3 atom stereocenters. The molecule has 3 unspecified atom stereocenters. The third-order valence-corrected chi connectivity index (χ3v) is 5.59. The molecule has 164 valence electrons. The van der Waals surface area contributed by atoms with E-state index in [-0.39, 0.29) is 22.9 Å². The number of benzene rings is 2. The number of ether oxygens (including phenoxy) is 3. The molecule has 1 aliphatic rings. The van der Waals surface area contributed by atoms with E-state index in [2.05, 4.69) is 5.32 Å². The van der Waals surface area contributed by atoms with Gasteiger partial charge in [-0.2, -0.15) is 0 Å². The molecule has 0 fully saturated rings. The van der Waals surface area contributed by atoms with Gasteiger partial charge >= 0.3 is 5.97 Å². The van der Waals surface area contributed by atoms with Gasteiger partial charge in [0.05, 0.1) is 32.8 Å². The van der Waals surface area contributed by atoms with Gasteiger partial charge in [-0.15, -0.1) is 0 Å². The van der Waals surface area contributed by atoms with Gasteiger partial charge in [0.15, 0.2) is 0 Å². The summed E-state index contributed by atoms with van der Waals surface area (Å²) in [4.78, 5) is 25.3. The highest BCUT2D eigenvalue weighted by Crippen LogP contribution is 2.38. The van der Waals surface area contributed by atoms with Gasteiger partial charge in [0.2, 0.25) is 0 Å². The number of methoxy groups -OCH3 is 3. The van der Waals surface area contributed by atoms with Crippen LogP contribution in [0.25, 0.3) is 0 Å². The molecule has 0 saturated carbocycles. The monoisotopic (exact) mass is 447 g/mol. The Balaban J connectivity index is 1.76. The SMILES string of the molecule is COC(=O)C(c1ccc(F)cc1Cl)C1C=CC(NC(=O)c2ccc(OC)cc2OC)C1. The fourth-order valence-corrected chi connectivity index (χ4v) is 4.01. The van der Waals surface area contributed by atoms with Crippen molar-refractivity contribution in [2.24, 2.45) is 5.92 Å². The topological polar surface area (TPSA) is 73.9 Å². The summed E-state index contributed by atoms with van der Waals surface area (Å²) in [5.41, 5.74) is 0.847. The summed E-state index contributed by atoms with van der Waals surface area (Å²) < 4.78 is 28.9. The van der Waals surface area contributed by atoms with Crippen LogP contribution in [0.5, 0.6) is 11.5 Å². The van der Waals surface area contributed by atoms with Gasteiger partial charge in [0, 0.05) is 17.1 Å². The van der Waals surface area contributed by atoms with Gasteiger partial charge < -0.3 is 19.5 Å². The molecule has 0 radical (unpaired) electrons. The molecule has 1 aliphatic carbocycles. The zero-order chi connectivity index (χ0) is 22.5. The standard InChI is InChI=1S/C23H23ClFNO5/c1-29-16-7-9-18(20(12-16)30-2)22(27)26-15-6-4-13(10-15)21(23(28)31-3)17-8-5-14(25)11-19(17)24/h4-9,11-13,15,21H,10H2,1-3H3,(H,26,27). The smallest absolute Gasteiger partial charge is 0.313 e. The lowest BCUT2D eigenvalue weighted by Crippen LogP contribution is -2.34. The predicted molar refractivity (Wildman–Crippen MR) is 114 cm³/mol. The van der Waals surface area contributed by atoms with Crippen LogP contribution in [0, 0.1) is 11.7 Å². The predicted octanol–water partition coefficient (Wildman–Crippen LogP) is 4.13. The molecule has 0 heterocycles. The highest BCUT2D eigenvalue weighted by molar-refractivity contribution is 6.31. The lowest BCUT2D eigenvalue weighted by molar-refractivity contribution is -0.143. The Labute approximate surface area is 184 Å². The van der Waals surface area contributed by atoms with Gasteiger partial charge in [-0.05, 0) is 42.2 Å². The summed E-state index contributed by atoms with van der Waals surface area (Å²) in [6.45, 7) is 0. The molecule has 2 aromatic carbocycles. The van der Waals surface area contributed by atoms with E-state index in [1.54, 1.807) is 18.2 Å². The van der Waals surface area contributed by atoms with Gasteiger partial charge in [-0.25, -0.2) is 4.39 Å². The Morgan fingerprint density at radius 1 is 1.10 bits per heavy atom. The van der Waals surface area contributed by atoms with Crippen LogP contribution in [0.1, 0.15) is 28.3 Å². The Morgan fingerprint density at radius 3 is 2.52 bits per heavy atom. The second-order valence-corrected chi connectivity index (χ2v) is 7.50. The molecule has 1 amide bonds. The Morgan fingerprint density at radius 2 is 1.87 bits per heavy atom. The van der Waals surface area contributed by atoms with Crippen molar-refractivity contribution in [1.29, 1.82) is 0 Å². The van der Waals surface area contributed by atoms with Crippen molar-refractivity contribution in [1.82, 2.24) is 5.32 Å². The minimum Gasteiger partial charge on any atom is -0.497 e. The molecule has 8 heteroatoms. The average molecular weight is 448 g/mol. The number of halogens is 2. The summed E-state index contributed by atoms with van der Waals surface area (Å²) in [6.07, 6.45) is 4.13. The van der Waals surface area contributed by atoms with Crippen molar-refractivity contribution in [2.45, 2.75) is 18.4 Å². The molecule has 0 spiro atoms. The van der Waals surface area contributed by atoms with Crippen LogP contribution in [0.2, 0.25) is 5.02 Å². The summed E-state index contributed by atoms with van der Waals surface area (Å²) >= 11 is 6.20. The summed E-state index contributed by atoms with van der Waals surface area (Å²) in [6, 6.07) is 8.53. The fraction of sp³-hybridized carbons (Fsp3) is 0.304. The van der Waals surface area contributed by atoms with E-state index < -0.39 is 17.7 Å². The minimum absolute atomic E-state index is 0.152. The summed E-state index contributed by atoms with van der Waals surface area (Å²) in [5, 5.41) is 3.08. The fourth-order valence-electron chi connectivity index (χ4n) is 3.73. The van der Waals surface area contributed by atoms with E-state index in [4.69, 9.17) is 25.8 Å². The number of rotatable bonds is 7. The Kier molecular flexibility index (Phi) is 7.17. The third kappa shape index (κ3) is 4.99. The Hall–Kier alpha value is -3.06. The van der Waals surface area contributed by atoms with Crippen LogP contribution in [0.3, 0.4) is 0 Å². The number of carbonyl (C=O) groups is 2. The zero-order valence-electron chi connectivity index (χ0n) is 17.4. The van der Waals surface area contributed by atoms with E-state index in [0.717, 1.165) is 0 Å². The minimum atomic E-state index is -0.716. The summed E-state index contributed by atoms with van der Waals surface area (Å²) in [5.74, 6) is -1.31. The number of hydrogen-bond acceptors (Lipinski definition) is 5. The van der Waals surface area contributed by atoms with Crippen molar-refractivity contribution < 1.29 is 28.2 Å². The van der Waals surface area contributed by atoms with Crippen molar-refractivity contribution >= 4 is 23.5 Å². The highest BCUT2D eigenvalue weighted by Gasteiger charge is 2.35. The molecular weight excluding hydrogens is 425 g/mol. The van der Waals surface area contributed by atoms with Gasteiger partial charge in [0.25, 0.3) is 5.91 Å². The van der Waals surface area contributed by atoms with E-state index in [1.807, 2.05) is 12.2 Å². The van der Waals surface area contributed by atoms with E-state index >= 15 is 0 Å². The first-order chi connectivity index (χ1) is 14.9. The van der Waals surface area contributed by atoms with Crippen molar-refractivity contribution in [3.8, 4) is 11.5 Å². The van der Waals surface area contributed by atoms with Crippen LogP contribution in [-0.2, 0) is 9.53 Å². The number of amides is 1. The molecule has 6 nitrogen and oxygen atoms in total. The van der Waals surface area contributed by atoms with Crippen LogP contribution >= 0.6 is 11.6 Å². The van der Waals surface area contributed by atoms with E-state index in [0.29, 0.717) is 29.0 Å².